The monoisotopic (exact) mass is 178 g/mol. The van der Waals surface area contributed by atoms with E-state index in [1.807, 2.05) is 12.1 Å². The first-order valence-electron chi connectivity index (χ1n) is 4.02. The van der Waals surface area contributed by atoms with Gasteiger partial charge in [-0.05, 0) is 11.1 Å². The van der Waals surface area contributed by atoms with Crippen LogP contribution in [0, 0.1) is 0 Å². The lowest BCUT2D eigenvalue weighted by Crippen LogP contribution is -2.03. The number of carbonyl (C=O) groups excluding carboxylic acids is 1. The molecule has 0 spiro atoms. The van der Waals surface area contributed by atoms with Crippen molar-refractivity contribution in [3.8, 4) is 0 Å². The summed E-state index contributed by atoms with van der Waals surface area (Å²) in [5.74, 6) is 2.02. The largest absolute Gasteiger partial charge is 0.298 e. The molecule has 0 radical (unpaired) electrons. The van der Waals surface area contributed by atoms with Crippen LogP contribution in [0.3, 0.4) is 0 Å². The van der Waals surface area contributed by atoms with Crippen molar-refractivity contribution in [1.29, 1.82) is 0 Å². The minimum Gasteiger partial charge on any atom is -0.298 e. The molecule has 2 heteroatoms. The number of hydrogen-bond donors (Lipinski definition) is 0. The SMILES string of the molecule is O=C1CSCc2ccccc2C1. The van der Waals surface area contributed by atoms with Crippen LogP contribution in [0.25, 0.3) is 0 Å². The van der Waals surface area contributed by atoms with Gasteiger partial charge < -0.3 is 0 Å². The van der Waals surface area contributed by atoms with E-state index >= 15 is 0 Å². The van der Waals surface area contributed by atoms with Crippen LogP contribution in [-0.2, 0) is 17.0 Å². The minimum absolute atomic E-state index is 0.352. The highest BCUT2D eigenvalue weighted by Gasteiger charge is 2.12. The van der Waals surface area contributed by atoms with Crippen molar-refractivity contribution in [3.63, 3.8) is 0 Å². The van der Waals surface area contributed by atoms with Gasteiger partial charge in [0.25, 0.3) is 0 Å². The molecule has 0 N–H and O–H groups in total. The normalized spacial score (nSPS) is 16.8. The third kappa shape index (κ3) is 1.53. The molecule has 0 bridgehead atoms. The maximum Gasteiger partial charge on any atom is 0.147 e. The van der Waals surface area contributed by atoms with Gasteiger partial charge in [-0.3, -0.25) is 4.79 Å². The third-order valence-electron chi connectivity index (χ3n) is 2.03. The number of ketones is 1. The van der Waals surface area contributed by atoms with E-state index in [0.29, 0.717) is 18.0 Å². The van der Waals surface area contributed by atoms with Crippen LogP contribution in [0.4, 0.5) is 0 Å². The topological polar surface area (TPSA) is 17.1 Å². The second kappa shape index (κ2) is 3.31. The summed E-state index contributed by atoms with van der Waals surface area (Å²) >= 11 is 1.72. The van der Waals surface area contributed by atoms with E-state index in [1.165, 1.54) is 11.1 Å². The molecule has 0 saturated heterocycles. The second-order valence-electron chi connectivity index (χ2n) is 2.98. The molecule has 0 fully saturated rings. The zero-order valence-electron chi connectivity index (χ0n) is 6.75. The van der Waals surface area contributed by atoms with Crippen molar-refractivity contribution in [2.24, 2.45) is 0 Å². The van der Waals surface area contributed by atoms with E-state index in [2.05, 4.69) is 12.1 Å². The molecule has 1 heterocycles. The van der Waals surface area contributed by atoms with E-state index in [0.717, 1.165) is 5.75 Å². The zero-order chi connectivity index (χ0) is 8.39. The summed E-state index contributed by atoms with van der Waals surface area (Å²) in [6.45, 7) is 0. The Morgan fingerprint density at radius 1 is 1.08 bits per heavy atom. The fourth-order valence-corrected chi connectivity index (χ4v) is 2.34. The summed E-state index contributed by atoms with van der Waals surface area (Å²) < 4.78 is 0. The van der Waals surface area contributed by atoms with Crippen LogP contribution >= 0.6 is 11.8 Å². The lowest BCUT2D eigenvalue weighted by Gasteiger charge is -2.01. The van der Waals surface area contributed by atoms with E-state index in [9.17, 15) is 4.79 Å². The molecule has 0 saturated carbocycles. The molecular formula is C10H10OS. The predicted octanol–water partition coefficient (Wildman–Crippen LogP) is 2.04. The van der Waals surface area contributed by atoms with E-state index in [4.69, 9.17) is 0 Å². The van der Waals surface area contributed by atoms with Crippen LogP contribution in [0.5, 0.6) is 0 Å². The Morgan fingerprint density at radius 3 is 2.67 bits per heavy atom. The number of carbonyl (C=O) groups is 1. The Balaban J connectivity index is 2.37. The molecule has 0 unspecified atom stereocenters. The van der Waals surface area contributed by atoms with Crippen molar-refractivity contribution < 1.29 is 4.79 Å². The number of thioether (sulfide) groups is 1. The molecule has 1 aliphatic rings. The number of fused-ring (bicyclic) bond motifs is 1. The number of Topliss-reactive ketones (excluding diaryl/α,β-unsaturated/α-hetero) is 1. The molecule has 1 nitrogen and oxygen atoms in total. The fourth-order valence-electron chi connectivity index (χ4n) is 1.41. The van der Waals surface area contributed by atoms with E-state index < -0.39 is 0 Å². The number of rotatable bonds is 0. The first kappa shape index (κ1) is 7.87. The standard InChI is InChI=1S/C10H10OS/c11-10-5-8-3-1-2-4-9(8)6-12-7-10/h1-4H,5-7H2. The van der Waals surface area contributed by atoms with Crippen LogP contribution in [0.1, 0.15) is 11.1 Å². The summed E-state index contributed by atoms with van der Waals surface area (Å²) in [5.41, 5.74) is 2.54. The van der Waals surface area contributed by atoms with E-state index in [1.54, 1.807) is 11.8 Å². The molecular weight excluding hydrogens is 168 g/mol. The van der Waals surface area contributed by atoms with Crippen LogP contribution in [-0.4, -0.2) is 11.5 Å². The van der Waals surface area contributed by atoms with Crippen molar-refractivity contribution in [2.75, 3.05) is 5.75 Å². The van der Waals surface area contributed by atoms with Gasteiger partial charge in [0, 0.05) is 12.2 Å². The first-order valence-corrected chi connectivity index (χ1v) is 5.18. The van der Waals surface area contributed by atoms with Gasteiger partial charge in [0.05, 0.1) is 5.75 Å². The molecule has 1 aliphatic heterocycles. The summed E-state index contributed by atoms with van der Waals surface area (Å²) in [7, 11) is 0. The smallest absolute Gasteiger partial charge is 0.147 e. The Labute approximate surface area is 76.2 Å². The summed E-state index contributed by atoms with van der Waals surface area (Å²) in [6, 6.07) is 8.21. The second-order valence-corrected chi connectivity index (χ2v) is 3.96. The molecule has 62 valence electrons. The number of benzene rings is 1. The van der Waals surface area contributed by atoms with Crippen molar-refractivity contribution in [3.05, 3.63) is 35.4 Å². The molecule has 0 atom stereocenters. The van der Waals surface area contributed by atoms with Gasteiger partial charge in [-0.2, -0.15) is 0 Å². The van der Waals surface area contributed by atoms with Crippen LogP contribution < -0.4 is 0 Å². The van der Waals surface area contributed by atoms with Gasteiger partial charge in [-0.1, -0.05) is 24.3 Å². The Bertz CT molecular complexity index is 306. The van der Waals surface area contributed by atoms with Crippen molar-refractivity contribution in [1.82, 2.24) is 0 Å². The molecule has 12 heavy (non-hydrogen) atoms. The fraction of sp³-hybridized carbons (Fsp3) is 0.300. The Hall–Kier alpha value is -0.760. The molecule has 0 aliphatic carbocycles. The zero-order valence-corrected chi connectivity index (χ0v) is 7.56. The molecule has 2 rings (SSSR count). The van der Waals surface area contributed by atoms with Crippen LogP contribution in [0.15, 0.2) is 24.3 Å². The van der Waals surface area contributed by atoms with Gasteiger partial charge >= 0.3 is 0 Å². The minimum atomic E-state index is 0.352. The predicted molar refractivity (Wildman–Crippen MR) is 51.3 cm³/mol. The van der Waals surface area contributed by atoms with Crippen molar-refractivity contribution in [2.45, 2.75) is 12.2 Å². The highest BCUT2D eigenvalue weighted by atomic mass is 32.2. The van der Waals surface area contributed by atoms with Gasteiger partial charge in [-0.15, -0.1) is 11.8 Å². The molecule has 0 aromatic heterocycles. The number of hydrogen-bond acceptors (Lipinski definition) is 2. The van der Waals surface area contributed by atoms with Gasteiger partial charge in [0.15, 0.2) is 0 Å². The lowest BCUT2D eigenvalue weighted by atomic mass is 10.0. The maximum absolute atomic E-state index is 11.2. The first-order chi connectivity index (χ1) is 5.86. The highest BCUT2D eigenvalue weighted by Crippen LogP contribution is 2.21. The average Bonchev–Trinajstić information content (AvgIpc) is 2.25. The van der Waals surface area contributed by atoms with Gasteiger partial charge in [0.2, 0.25) is 0 Å². The summed E-state index contributed by atoms with van der Waals surface area (Å²) in [6.07, 6.45) is 0.628. The molecule has 0 amide bonds. The Morgan fingerprint density at radius 2 is 1.83 bits per heavy atom. The van der Waals surface area contributed by atoms with Crippen molar-refractivity contribution >= 4 is 17.5 Å². The summed E-state index contributed by atoms with van der Waals surface area (Å²) in [4.78, 5) is 11.2. The quantitative estimate of drug-likeness (QED) is 0.604. The van der Waals surface area contributed by atoms with Crippen LogP contribution in [0.2, 0.25) is 0 Å². The summed E-state index contributed by atoms with van der Waals surface area (Å²) in [5, 5.41) is 0. The lowest BCUT2D eigenvalue weighted by molar-refractivity contribution is -0.115. The van der Waals surface area contributed by atoms with E-state index in [-0.39, 0.29) is 0 Å². The molecule has 1 aromatic rings. The highest BCUT2D eigenvalue weighted by molar-refractivity contribution is 7.99. The average molecular weight is 178 g/mol. The van der Waals surface area contributed by atoms with Gasteiger partial charge in [0.1, 0.15) is 5.78 Å². The third-order valence-corrected chi connectivity index (χ3v) is 3.07. The maximum atomic E-state index is 11.2. The molecule has 1 aromatic carbocycles. The van der Waals surface area contributed by atoms with Gasteiger partial charge in [-0.25, -0.2) is 0 Å². The Kier molecular flexibility index (Phi) is 2.17.